The Labute approximate surface area is 185 Å². The van der Waals surface area contributed by atoms with Crippen molar-refractivity contribution in [3.05, 3.63) is 119 Å². The Morgan fingerprint density at radius 1 is 0.643 bits per heavy atom. The summed E-state index contributed by atoms with van der Waals surface area (Å²) in [5.74, 6) is 0. The summed E-state index contributed by atoms with van der Waals surface area (Å²) in [5.41, 5.74) is 8.76. The maximum absolute atomic E-state index is 3.60. The molecule has 3 rings (SSSR count). The molecule has 0 fully saturated rings. The molecule has 0 radical (unpaired) electrons. The van der Waals surface area contributed by atoms with Crippen LogP contribution in [0.25, 0.3) is 6.08 Å². The van der Waals surface area contributed by atoms with Crippen molar-refractivity contribution in [2.24, 2.45) is 0 Å². The zero-order valence-electron chi connectivity index (χ0n) is 18.3. The molecule has 0 bridgehead atoms. The van der Waals surface area contributed by atoms with Gasteiger partial charge in [-0.1, -0.05) is 71.9 Å². The summed E-state index contributed by atoms with van der Waals surface area (Å²) in [5, 5.41) is 0. The van der Waals surface area contributed by atoms with Gasteiger partial charge in [-0.05, 0) is 0 Å². The summed E-state index contributed by atoms with van der Waals surface area (Å²) in [4.78, 5) is 0. The van der Waals surface area contributed by atoms with Gasteiger partial charge in [0.05, 0.1) is 0 Å². The number of hydrogen-bond acceptors (Lipinski definition) is 0. The molecule has 0 aliphatic carbocycles. The molecule has 0 saturated heterocycles. The van der Waals surface area contributed by atoms with Crippen molar-refractivity contribution >= 4 is 6.08 Å². The first kappa shape index (κ1) is 25.9. The van der Waals surface area contributed by atoms with Gasteiger partial charge in [-0.2, -0.15) is 69.8 Å². The van der Waals surface area contributed by atoms with Gasteiger partial charge in [0.1, 0.15) is 0 Å². The van der Waals surface area contributed by atoms with Crippen molar-refractivity contribution < 1.29 is 19.5 Å². The predicted molar refractivity (Wildman–Crippen MR) is 120 cm³/mol. The molecule has 0 atom stereocenters. The van der Waals surface area contributed by atoms with Crippen LogP contribution in [-0.4, -0.2) is 0 Å². The Hall–Kier alpha value is -2.11. The molecule has 0 unspecified atom stereocenters. The van der Waals surface area contributed by atoms with Gasteiger partial charge >= 0.3 is 0 Å². The Balaban J connectivity index is 0.000000384. The van der Waals surface area contributed by atoms with E-state index in [0.717, 1.165) is 0 Å². The van der Waals surface area contributed by atoms with Gasteiger partial charge in [-0.25, -0.2) is 19.1 Å². The van der Waals surface area contributed by atoms with Crippen molar-refractivity contribution in [3.8, 4) is 0 Å². The molecule has 0 aliphatic rings. The van der Waals surface area contributed by atoms with E-state index in [2.05, 4.69) is 84.9 Å². The molecule has 0 heterocycles. The first-order valence-electron chi connectivity index (χ1n) is 9.25. The van der Waals surface area contributed by atoms with Crippen molar-refractivity contribution in [2.75, 3.05) is 0 Å². The first-order valence-corrected chi connectivity index (χ1v) is 9.25. The molecule has 3 aromatic carbocycles. The van der Waals surface area contributed by atoms with Gasteiger partial charge < -0.3 is 0 Å². The standard InChI is InChI=1S/2C9H11.C9H9.Zn/c2*1-7-4-8(2)6-9(3)5-7;1-2-6-9-7-4-3-5-8-9;/h2*4-5H,1-3H3;2-8H,1H2;/q3*-1;/b;;6-2+;. The molecule has 3 aromatic rings. The van der Waals surface area contributed by atoms with Crippen LogP contribution in [-0.2, 0) is 19.5 Å². The molecule has 0 saturated carbocycles. The largest absolute Gasteiger partial charge is 0.245 e. The van der Waals surface area contributed by atoms with E-state index < -0.39 is 0 Å². The van der Waals surface area contributed by atoms with Crippen molar-refractivity contribution in [3.63, 3.8) is 0 Å². The van der Waals surface area contributed by atoms with E-state index in [9.17, 15) is 0 Å². The normalized spacial score (nSPS) is 9.50. The van der Waals surface area contributed by atoms with Crippen LogP contribution in [0.5, 0.6) is 0 Å². The fourth-order valence-corrected chi connectivity index (χ4v) is 2.92. The van der Waals surface area contributed by atoms with E-state index in [1.165, 1.54) is 38.9 Å². The van der Waals surface area contributed by atoms with Crippen LogP contribution in [0, 0.1) is 60.6 Å². The van der Waals surface area contributed by atoms with Gasteiger partial charge in [0.15, 0.2) is 0 Å². The SMILES string of the molecule is Cc1[c-]c(C)cc(C)c1.Cc1[c-]c(C)cc(C)c1.[CH2-]/C=C/c1ccccc1.[Zn]. The summed E-state index contributed by atoms with van der Waals surface area (Å²) in [6, 6.07) is 25.1. The summed E-state index contributed by atoms with van der Waals surface area (Å²) >= 11 is 0. The quantitative estimate of drug-likeness (QED) is 0.285. The number of benzene rings is 3. The molecule has 0 spiro atoms. The van der Waals surface area contributed by atoms with Gasteiger partial charge in [0, 0.05) is 19.5 Å². The van der Waals surface area contributed by atoms with E-state index in [1.54, 1.807) is 6.08 Å². The third-order valence-electron chi connectivity index (χ3n) is 3.68. The first-order chi connectivity index (χ1) is 12.8. The van der Waals surface area contributed by atoms with Crippen LogP contribution in [0.3, 0.4) is 0 Å². The third kappa shape index (κ3) is 11.6. The minimum atomic E-state index is 0. The molecular weight excluding hydrogens is 390 g/mol. The van der Waals surface area contributed by atoms with Gasteiger partial charge in [-0.15, -0.1) is 5.56 Å². The average Bonchev–Trinajstić information content (AvgIpc) is 2.54. The Bertz CT molecular complexity index is 695. The van der Waals surface area contributed by atoms with Crippen LogP contribution < -0.4 is 0 Å². The maximum atomic E-state index is 3.60. The molecule has 144 valence electrons. The van der Waals surface area contributed by atoms with Gasteiger partial charge in [-0.3, -0.25) is 0 Å². The second kappa shape index (κ2) is 14.0. The molecule has 0 aromatic heterocycles. The number of allylic oxidation sites excluding steroid dienone is 1. The van der Waals surface area contributed by atoms with Crippen LogP contribution in [0.15, 0.2) is 60.7 Å². The molecule has 1 heteroatoms. The zero-order valence-corrected chi connectivity index (χ0v) is 21.2. The van der Waals surface area contributed by atoms with Crippen molar-refractivity contribution in [2.45, 2.75) is 41.5 Å². The van der Waals surface area contributed by atoms with Crippen LogP contribution in [0.1, 0.15) is 38.9 Å². The third-order valence-corrected chi connectivity index (χ3v) is 3.68. The fraction of sp³-hybridized carbons (Fsp3) is 0.222. The fourth-order valence-electron chi connectivity index (χ4n) is 2.92. The minimum Gasteiger partial charge on any atom is -0.245 e. The monoisotopic (exact) mass is 419 g/mol. The van der Waals surface area contributed by atoms with Crippen LogP contribution in [0.4, 0.5) is 0 Å². The van der Waals surface area contributed by atoms with E-state index in [-0.39, 0.29) is 19.5 Å². The second-order valence-corrected chi connectivity index (χ2v) is 6.86. The number of hydrogen-bond donors (Lipinski definition) is 0. The summed E-state index contributed by atoms with van der Waals surface area (Å²) in [7, 11) is 0. The molecule has 0 amide bonds. The second-order valence-electron chi connectivity index (χ2n) is 6.86. The summed E-state index contributed by atoms with van der Waals surface area (Å²) < 4.78 is 0. The van der Waals surface area contributed by atoms with E-state index >= 15 is 0 Å². The predicted octanol–water partition coefficient (Wildman–Crippen LogP) is 7.36. The topological polar surface area (TPSA) is 0 Å². The Morgan fingerprint density at radius 3 is 1.29 bits per heavy atom. The smallest absolute Gasteiger partial charge is 0 e. The number of aryl methyl sites for hydroxylation is 6. The summed E-state index contributed by atoms with van der Waals surface area (Å²) in [6.45, 7) is 16.1. The van der Waals surface area contributed by atoms with Crippen molar-refractivity contribution in [1.29, 1.82) is 0 Å². The van der Waals surface area contributed by atoms with E-state index in [1.807, 2.05) is 36.4 Å². The Morgan fingerprint density at radius 2 is 1.00 bits per heavy atom. The van der Waals surface area contributed by atoms with E-state index in [0.29, 0.717) is 0 Å². The molecular formula is C27H31Zn-3. The van der Waals surface area contributed by atoms with Gasteiger partial charge in [0.25, 0.3) is 0 Å². The molecule has 28 heavy (non-hydrogen) atoms. The van der Waals surface area contributed by atoms with Gasteiger partial charge in [0.2, 0.25) is 0 Å². The van der Waals surface area contributed by atoms with E-state index in [4.69, 9.17) is 0 Å². The summed E-state index contributed by atoms with van der Waals surface area (Å²) in [6.07, 6.45) is 3.76. The Kier molecular flexibility index (Phi) is 12.9. The maximum Gasteiger partial charge on any atom is 0 e. The van der Waals surface area contributed by atoms with Crippen LogP contribution >= 0.6 is 0 Å². The average molecular weight is 421 g/mol. The molecule has 0 aliphatic heterocycles. The van der Waals surface area contributed by atoms with Crippen LogP contribution in [0.2, 0.25) is 0 Å². The van der Waals surface area contributed by atoms with Crippen molar-refractivity contribution in [1.82, 2.24) is 0 Å². The zero-order chi connectivity index (χ0) is 20.2. The number of rotatable bonds is 1. The molecule has 0 nitrogen and oxygen atoms in total. The minimum absolute atomic E-state index is 0. The molecule has 0 N–H and O–H groups in total.